The van der Waals surface area contributed by atoms with Crippen molar-refractivity contribution in [2.45, 2.75) is 85.6 Å². The van der Waals surface area contributed by atoms with Crippen molar-refractivity contribution >= 4 is 29.2 Å². The summed E-state index contributed by atoms with van der Waals surface area (Å²) in [5.74, 6) is -8.99. The molecule has 0 radical (unpaired) electrons. The Morgan fingerprint density at radius 1 is 0.940 bits per heavy atom. The van der Waals surface area contributed by atoms with Crippen LogP contribution in [0.2, 0.25) is 0 Å². The van der Waals surface area contributed by atoms with Crippen molar-refractivity contribution in [1.82, 2.24) is 5.32 Å². The summed E-state index contributed by atoms with van der Waals surface area (Å²) < 4.78 is 23.1. The van der Waals surface area contributed by atoms with E-state index in [0.717, 1.165) is 12.3 Å². The highest BCUT2D eigenvalue weighted by molar-refractivity contribution is 6.30. The minimum atomic E-state index is -2.03. The smallest absolute Gasteiger partial charge is 0.312 e. The number of carbonyl (C=O) groups excluding carboxylic acids is 5. The van der Waals surface area contributed by atoms with Gasteiger partial charge in [0.05, 0.1) is 47.0 Å². The van der Waals surface area contributed by atoms with Gasteiger partial charge in [-0.3, -0.25) is 24.0 Å². The van der Waals surface area contributed by atoms with Crippen LogP contribution in [0.3, 0.4) is 0 Å². The fourth-order valence-electron chi connectivity index (χ4n) is 6.62. The molecule has 9 atom stereocenters. The Kier molecular flexibility index (Phi) is 11.2. The number of fused-ring (bicyclic) bond motifs is 14. The minimum Gasteiger partial charge on any atom is -0.507 e. The zero-order chi connectivity index (χ0) is 37.4. The van der Waals surface area contributed by atoms with Gasteiger partial charge in [-0.05, 0) is 19.9 Å². The van der Waals surface area contributed by atoms with Crippen LogP contribution in [0.4, 0.5) is 0 Å². The normalized spacial score (nSPS) is 33.8. The highest BCUT2D eigenvalue weighted by atomic mass is 16.7. The molecule has 0 aromatic heterocycles. The van der Waals surface area contributed by atoms with E-state index in [9.17, 15) is 39.3 Å². The molecule has 1 amide bonds. The molecule has 13 heteroatoms. The number of ketones is 3. The lowest BCUT2D eigenvalue weighted by atomic mass is 9.78. The van der Waals surface area contributed by atoms with Crippen molar-refractivity contribution in [1.29, 1.82) is 0 Å². The van der Waals surface area contributed by atoms with Gasteiger partial charge in [-0.25, -0.2) is 0 Å². The number of aliphatic hydroxyl groups excluding tert-OH is 2. The van der Waals surface area contributed by atoms with Crippen LogP contribution in [0.15, 0.2) is 47.9 Å². The van der Waals surface area contributed by atoms with Gasteiger partial charge in [0.15, 0.2) is 5.78 Å². The molecule has 4 aliphatic rings. The molecule has 0 fully saturated rings. The van der Waals surface area contributed by atoms with Gasteiger partial charge in [0.2, 0.25) is 5.78 Å². The summed E-state index contributed by atoms with van der Waals surface area (Å²) in [6.07, 6.45) is 4.31. The van der Waals surface area contributed by atoms with Crippen molar-refractivity contribution < 1.29 is 58.2 Å². The Morgan fingerprint density at radius 2 is 1.60 bits per heavy atom. The second-order valence-electron chi connectivity index (χ2n) is 13.4. The van der Waals surface area contributed by atoms with Crippen molar-refractivity contribution in [3.63, 3.8) is 0 Å². The van der Waals surface area contributed by atoms with E-state index < -0.39 is 100 Å². The number of nitrogens with one attached hydrogen (secondary N) is 1. The van der Waals surface area contributed by atoms with Gasteiger partial charge < -0.3 is 39.6 Å². The molecule has 0 unspecified atom stereocenters. The van der Waals surface area contributed by atoms with Crippen molar-refractivity contribution in [3.8, 4) is 11.5 Å². The molecular formula is C37H45NO12. The number of Topliss-reactive ketones (excluding diaryl/α,β-unsaturated/α-hetero) is 2. The van der Waals surface area contributed by atoms with Gasteiger partial charge in [0.25, 0.3) is 11.7 Å². The summed E-state index contributed by atoms with van der Waals surface area (Å²) in [7, 11) is 1.42. The average molecular weight is 696 g/mol. The number of amides is 1. The SMILES string of the molecule is CO[C@H]1/C=C\O[C@@]2(C)Oc3c(C)c(O)c4c(c3C2=O)C(=O)C=C(NC(=O)/C(C)=C\C=C[C@H](C)[C@H](O)[C@@H](C)[C@@H](O)[C@@H](C)[C@H](OC(C)=O)[C@@H]1C)C4=O. The van der Waals surface area contributed by atoms with Gasteiger partial charge in [-0.15, -0.1) is 0 Å². The summed E-state index contributed by atoms with van der Waals surface area (Å²) >= 11 is 0. The average Bonchev–Trinajstić information content (AvgIpc) is 3.33. The molecule has 1 aliphatic carbocycles. The van der Waals surface area contributed by atoms with Gasteiger partial charge in [-0.2, -0.15) is 0 Å². The highest BCUT2D eigenvalue weighted by Gasteiger charge is 2.51. The van der Waals surface area contributed by atoms with E-state index in [1.165, 1.54) is 47.0 Å². The zero-order valence-electron chi connectivity index (χ0n) is 29.6. The largest absolute Gasteiger partial charge is 0.507 e. The standard InChI is InChI=1S/C37H45NO12/c1-16-11-10-12-17(2)36(46)38-23-15-24(40)26-27(32(23)44)31(43)21(6)34-28(26)35(45)37(8,50-34)48-14-13-25(47-9)18(3)33(49-22(7)39)20(5)30(42)19(4)29(16)41/h10-16,18-20,25,29-30,33,41-43H,1-9H3,(H,38,46)/b11-10?,14-13-,17-12-/t16-,18+,19+,20+,25-,29-,30+,33+,37-/m0/s1. The molecule has 50 heavy (non-hydrogen) atoms. The maximum Gasteiger partial charge on any atom is 0.312 e. The van der Waals surface area contributed by atoms with E-state index in [1.807, 2.05) is 0 Å². The van der Waals surface area contributed by atoms with Crippen molar-refractivity contribution in [2.24, 2.45) is 23.7 Å². The second-order valence-corrected chi connectivity index (χ2v) is 13.4. The molecule has 13 nitrogen and oxygen atoms in total. The third-order valence-corrected chi connectivity index (χ3v) is 9.80. The van der Waals surface area contributed by atoms with Crippen molar-refractivity contribution in [2.75, 3.05) is 7.11 Å². The minimum absolute atomic E-state index is 0.00885. The summed E-state index contributed by atoms with van der Waals surface area (Å²) in [5.41, 5.74) is -1.31. The molecule has 4 N–H and O–H groups in total. The van der Waals surface area contributed by atoms with Crippen molar-refractivity contribution in [3.05, 3.63) is 70.2 Å². The van der Waals surface area contributed by atoms with Gasteiger partial charge >= 0.3 is 11.8 Å². The number of allylic oxidation sites excluding steroid dienone is 4. The van der Waals surface area contributed by atoms with E-state index in [4.69, 9.17) is 18.9 Å². The van der Waals surface area contributed by atoms with Gasteiger partial charge in [0.1, 0.15) is 17.6 Å². The predicted octanol–water partition coefficient (Wildman–Crippen LogP) is 3.63. The first-order valence-corrected chi connectivity index (χ1v) is 16.4. The number of aliphatic hydroxyl groups is 2. The number of aromatic hydroxyl groups is 1. The fraction of sp³-hybridized carbons (Fsp3) is 0.486. The first kappa shape index (κ1) is 38.2. The molecule has 0 saturated carbocycles. The summed E-state index contributed by atoms with van der Waals surface area (Å²) in [6.45, 7) is 12.3. The zero-order valence-corrected chi connectivity index (χ0v) is 29.6. The van der Waals surface area contributed by atoms with Crippen LogP contribution in [0.5, 0.6) is 11.5 Å². The predicted molar refractivity (Wildman–Crippen MR) is 179 cm³/mol. The summed E-state index contributed by atoms with van der Waals surface area (Å²) in [6, 6.07) is 0. The van der Waals surface area contributed by atoms with E-state index in [-0.39, 0.29) is 28.0 Å². The third-order valence-electron chi connectivity index (χ3n) is 9.80. The van der Waals surface area contributed by atoms with Crippen LogP contribution >= 0.6 is 0 Å². The van der Waals surface area contributed by atoms with Crippen LogP contribution in [0.1, 0.15) is 85.1 Å². The quantitative estimate of drug-likeness (QED) is 0.329. The fourth-order valence-corrected chi connectivity index (χ4v) is 6.62. The Morgan fingerprint density at radius 3 is 2.22 bits per heavy atom. The number of ether oxygens (including phenoxy) is 4. The molecule has 270 valence electrons. The van der Waals surface area contributed by atoms with Gasteiger partial charge in [0, 0.05) is 61.8 Å². The summed E-state index contributed by atoms with van der Waals surface area (Å²) in [5, 5.41) is 36.1. The molecule has 5 bridgehead atoms. The number of phenolic OH excluding ortho intramolecular Hbond substituents is 1. The van der Waals surface area contributed by atoms with Crippen LogP contribution < -0.4 is 10.1 Å². The molecule has 3 heterocycles. The Hall–Kier alpha value is -4.59. The molecule has 0 saturated heterocycles. The molecule has 0 spiro atoms. The molecule has 3 aliphatic heterocycles. The number of phenols is 1. The number of methoxy groups -OCH3 is 1. The van der Waals surface area contributed by atoms with E-state index in [1.54, 1.807) is 39.8 Å². The lowest BCUT2D eigenvalue weighted by molar-refractivity contribution is -0.160. The van der Waals surface area contributed by atoms with Crippen LogP contribution in [-0.2, 0) is 23.8 Å². The molecule has 1 aromatic rings. The van der Waals surface area contributed by atoms with E-state index in [0.29, 0.717) is 0 Å². The van der Waals surface area contributed by atoms with E-state index in [2.05, 4.69) is 5.32 Å². The first-order chi connectivity index (χ1) is 23.4. The first-order valence-electron chi connectivity index (χ1n) is 16.4. The number of carbonyl (C=O) groups is 5. The van der Waals surface area contributed by atoms with Crippen LogP contribution in [-0.4, -0.2) is 81.9 Å². The highest BCUT2D eigenvalue weighted by Crippen LogP contribution is 2.47. The monoisotopic (exact) mass is 695 g/mol. The topological polar surface area (TPSA) is 195 Å². The van der Waals surface area contributed by atoms with Gasteiger partial charge in [-0.1, -0.05) is 45.9 Å². The second kappa shape index (κ2) is 14.7. The third kappa shape index (κ3) is 7.03. The lowest BCUT2D eigenvalue weighted by Crippen LogP contribution is -2.46. The molecule has 1 aromatic carbocycles. The molecular weight excluding hydrogens is 650 g/mol. The Labute approximate surface area is 290 Å². The lowest BCUT2D eigenvalue weighted by Gasteiger charge is -2.38. The molecule has 5 rings (SSSR count). The summed E-state index contributed by atoms with van der Waals surface area (Å²) in [4.78, 5) is 66.2. The Balaban J connectivity index is 1.83. The Bertz CT molecular complexity index is 1720. The number of benzene rings is 1. The van der Waals surface area contributed by atoms with Crippen LogP contribution in [0, 0.1) is 30.6 Å². The number of hydrogen-bond donors (Lipinski definition) is 4. The van der Waals surface area contributed by atoms with E-state index >= 15 is 0 Å². The maximum absolute atomic E-state index is 13.9. The number of esters is 1. The van der Waals surface area contributed by atoms with Crippen LogP contribution in [0.25, 0.3) is 0 Å². The number of hydrogen-bond acceptors (Lipinski definition) is 12. The maximum atomic E-state index is 13.9. The number of rotatable bonds is 2.